The predicted octanol–water partition coefficient (Wildman–Crippen LogP) is 2.70. The Bertz CT molecular complexity index is 524. The van der Waals surface area contributed by atoms with Crippen molar-refractivity contribution in [2.45, 2.75) is 13.2 Å². The minimum absolute atomic E-state index is 0.272. The van der Waals surface area contributed by atoms with Gasteiger partial charge in [0.15, 0.2) is 0 Å². The third-order valence-corrected chi connectivity index (χ3v) is 2.63. The molecule has 3 N–H and O–H groups in total. The molecule has 4 nitrogen and oxygen atoms in total. The summed E-state index contributed by atoms with van der Waals surface area (Å²) in [5.74, 6) is 0. The molecular formula is C15H16N2O2. The summed E-state index contributed by atoms with van der Waals surface area (Å²) in [5, 5.41) is 2.69. The zero-order valence-corrected chi connectivity index (χ0v) is 10.5. The number of nitrogens with one attached hydrogen (secondary N) is 1. The smallest absolute Gasteiger partial charge is 0.407 e. The number of hydrogen-bond donors (Lipinski definition) is 2. The van der Waals surface area contributed by atoms with Gasteiger partial charge in [-0.1, -0.05) is 42.5 Å². The molecule has 0 aliphatic carbocycles. The van der Waals surface area contributed by atoms with Crippen molar-refractivity contribution in [2.24, 2.45) is 0 Å². The van der Waals surface area contributed by atoms with Crippen LogP contribution in [-0.2, 0) is 17.9 Å². The topological polar surface area (TPSA) is 64.3 Å². The van der Waals surface area contributed by atoms with Crippen LogP contribution in [0.1, 0.15) is 11.1 Å². The first kappa shape index (κ1) is 13.0. The zero-order valence-electron chi connectivity index (χ0n) is 10.5. The molecule has 98 valence electrons. The molecule has 0 heterocycles. The summed E-state index contributed by atoms with van der Waals surface area (Å²) in [6.45, 7) is 0.697. The van der Waals surface area contributed by atoms with Crippen molar-refractivity contribution in [3.05, 3.63) is 65.7 Å². The maximum atomic E-state index is 11.5. The average molecular weight is 256 g/mol. The monoisotopic (exact) mass is 256 g/mol. The summed E-state index contributed by atoms with van der Waals surface area (Å²) >= 11 is 0. The van der Waals surface area contributed by atoms with E-state index in [4.69, 9.17) is 10.5 Å². The molecule has 0 bridgehead atoms. The molecule has 0 atom stereocenters. The second-order valence-corrected chi connectivity index (χ2v) is 4.16. The van der Waals surface area contributed by atoms with E-state index in [2.05, 4.69) is 5.32 Å². The molecule has 0 radical (unpaired) electrons. The van der Waals surface area contributed by atoms with Gasteiger partial charge in [-0.25, -0.2) is 4.79 Å². The summed E-state index contributed by atoms with van der Waals surface area (Å²) in [4.78, 5) is 11.5. The van der Waals surface area contributed by atoms with Crippen LogP contribution in [0.5, 0.6) is 0 Å². The van der Waals surface area contributed by atoms with Crippen molar-refractivity contribution in [3.8, 4) is 0 Å². The fourth-order valence-corrected chi connectivity index (χ4v) is 1.58. The number of hydrogen-bond acceptors (Lipinski definition) is 3. The first-order valence-corrected chi connectivity index (χ1v) is 6.03. The van der Waals surface area contributed by atoms with Crippen LogP contribution in [0.25, 0.3) is 0 Å². The molecule has 0 aromatic heterocycles. The molecule has 1 amide bonds. The van der Waals surface area contributed by atoms with E-state index in [1.165, 1.54) is 0 Å². The number of nitrogens with two attached hydrogens (primary N) is 1. The van der Waals surface area contributed by atoms with Crippen LogP contribution >= 0.6 is 0 Å². The Hall–Kier alpha value is -2.49. The van der Waals surface area contributed by atoms with Gasteiger partial charge in [-0.3, -0.25) is 0 Å². The highest BCUT2D eigenvalue weighted by atomic mass is 16.5. The Kier molecular flexibility index (Phi) is 4.39. The summed E-state index contributed by atoms with van der Waals surface area (Å²) in [5.41, 5.74) is 8.23. The van der Waals surface area contributed by atoms with Crippen LogP contribution in [-0.4, -0.2) is 6.09 Å². The van der Waals surface area contributed by atoms with E-state index in [0.717, 1.165) is 11.1 Å². The van der Waals surface area contributed by atoms with E-state index in [1.807, 2.05) is 42.5 Å². The van der Waals surface area contributed by atoms with Crippen LogP contribution < -0.4 is 11.1 Å². The molecule has 2 aromatic carbocycles. The van der Waals surface area contributed by atoms with Crippen molar-refractivity contribution in [3.63, 3.8) is 0 Å². The van der Waals surface area contributed by atoms with Gasteiger partial charge in [0.25, 0.3) is 0 Å². The number of rotatable bonds is 4. The van der Waals surface area contributed by atoms with E-state index in [9.17, 15) is 4.79 Å². The Labute approximate surface area is 112 Å². The number of carbonyl (C=O) groups is 1. The van der Waals surface area contributed by atoms with Crippen molar-refractivity contribution in [1.29, 1.82) is 0 Å². The minimum Gasteiger partial charge on any atom is -0.445 e. The molecular weight excluding hydrogens is 240 g/mol. The van der Waals surface area contributed by atoms with Crippen LogP contribution in [0.3, 0.4) is 0 Å². The largest absolute Gasteiger partial charge is 0.445 e. The van der Waals surface area contributed by atoms with E-state index >= 15 is 0 Å². The summed E-state index contributed by atoms with van der Waals surface area (Å²) < 4.78 is 5.10. The van der Waals surface area contributed by atoms with Crippen molar-refractivity contribution in [1.82, 2.24) is 5.32 Å². The van der Waals surface area contributed by atoms with Gasteiger partial charge in [0.05, 0.1) is 0 Å². The van der Waals surface area contributed by atoms with Crippen LogP contribution in [0.2, 0.25) is 0 Å². The van der Waals surface area contributed by atoms with E-state index in [0.29, 0.717) is 12.2 Å². The molecule has 0 aliphatic heterocycles. The lowest BCUT2D eigenvalue weighted by Gasteiger charge is -2.07. The van der Waals surface area contributed by atoms with Crippen molar-refractivity contribution >= 4 is 11.8 Å². The molecule has 0 saturated carbocycles. The van der Waals surface area contributed by atoms with Crippen molar-refractivity contribution in [2.75, 3.05) is 5.73 Å². The van der Waals surface area contributed by atoms with Gasteiger partial charge >= 0.3 is 6.09 Å². The predicted molar refractivity (Wildman–Crippen MR) is 74.3 cm³/mol. The molecule has 2 rings (SSSR count). The van der Waals surface area contributed by atoms with Gasteiger partial charge in [0, 0.05) is 12.2 Å². The number of nitrogen functional groups attached to an aromatic ring is 1. The fraction of sp³-hybridized carbons (Fsp3) is 0.133. The number of amides is 1. The highest BCUT2D eigenvalue weighted by molar-refractivity contribution is 5.67. The third-order valence-electron chi connectivity index (χ3n) is 2.63. The number of benzene rings is 2. The second kappa shape index (κ2) is 6.44. The third kappa shape index (κ3) is 4.35. The zero-order chi connectivity index (χ0) is 13.5. The quantitative estimate of drug-likeness (QED) is 0.827. The lowest BCUT2D eigenvalue weighted by Crippen LogP contribution is -2.23. The number of anilines is 1. The van der Waals surface area contributed by atoms with Gasteiger partial charge in [0.2, 0.25) is 0 Å². The van der Waals surface area contributed by atoms with Crippen LogP contribution in [0.4, 0.5) is 10.5 Å². The highest BCUT2D eigenvalue weighted by Gasteiger charge is 2.02. The van der Waals surface area contributed by atoms with Gasteiger partial charge in [-0.2, -0.15) is 0 Å². The molecule has 0 aliphatic rings. The first-order chi connectivity index (χ1) is 9.24. The number of ether oxygens (including phenoxy) is 1. The lowest BCUT2D eigenvalue weighted by molar-refractivity contribution is 0.139. The van der Waals surface area contributed by atoms with E-state index in [1.54, 1.807) is 12.1 Å². The van der Waals surface area contributed by atoms with Crippen molar-refractivity contribution < 1.29 is 9.53 Å². The Morgan fingerprint density at radius 2 is 1.68 bits per heavy atom. The molecule has 0 spiro atoms. The standard InChI is InChI=1S/C15H16N2O2/c16-14-8-6-12(7-9-14)10-17-15(18)19-11-13-4-2-1-3-5-13/h1-9H,10-11,16H2,(H,17,18). The fourth-order valence-electron chi connectivity index (χ4n) is 1.58. The lowest BCUT2D eigenvalue weighted by atomic mass is 10.2. The molecule has 0 fully saturated rings. The average Bonchev–Trinajstić information content (AvgIpc) is 2.45. The maximum absolute atomic E-state index is 11.5. The molecule has 4 heteroatoms. The summed E-state index contributed by atoms with van der Waals surface area (Å²) in [6, 6.07) is 16.9. The van der Waals surface area contributed by atoms with Crippen LogP contribution in [0, 0.1) is 0 Å². The number of alkyl carbamates (subject to hydrolysis) is 1. The van der Waals surface area contributed by atoms with E-state index in [-0.39, 0.29) is 6.61 Å². The molecule has 2 aromatic rings. The first-order valence-electron chi connectivity index (χ1n) is 6.03. The second-order valence-electron chi connectivity index (χ2n) is 4.16. The Morgan fingerprint density at radius 3 is 2.37 bits per heavy atom. The van der Waals surface area contributed by atoms with Gasteiger partial charge in [-0.05, 0) is 23.3 Å². The summed E-state index contributed by atoms with van der Waals surface area (Å²) in [7, 11) is 0. The van der Waals surface area contributed by atoms with E-state index < -0.39 is 6.09 Å². The molecule has 19 heavy (non-hydrogen) atoms. The SMILES string of the molecule is Nc1ccc(CNC(=O)OCc2ccccc2)cc1. The highest BCUT2D eigenvalue weighted by Crippen LogP contribution is 2.05. The Morgan fingerprint density at radius 1 is 1.00 bits per heavy atom. The molecule has 0 saturated heterocycles. The minimum atomic E-state index is -0.430. The van der Waals surface area contributed by atoms with Gasteiger partial charge < -0.3 is 15.8 Å². The van der Waals surface area contributed by atoms with Crippen LogP contribution in [0.15, 0.2) is 54.6 Å². The van der Waals surface area contributed by atoms with Gasteiger partial charge in [-0.15, -0.1) is 0 Å². The Balaban J connectivity index is 1.74. The normalized spacial score (nSPS) is 9.89. The molecule has 0 unspecified atom stereocenters. The maximum Gasteiger partial charge on any atom is 0.407 e. The van der Waals surface area contributed by atoms with Gasteiger partial charge in [0.1, 0.15) is 6.61 Å². The number of carbonyl (C=O) groups excluding carboxylic acids is 1. The summed E-state index contributed by atoms with van der Waals surface area (Å²) in [6.07, 6.45) is -0.430.